The molecule has 0 aliphatic rings. The molecule has 112 valence electrons. The zero-order valence-corrected chi connectivity index (χ0v) is 13.0. The van der Waals surface area contributed by atoms with Crippen LogP contribution in [0.4, 0.5) is 0 Å². The van der Waals surface area contributed by atoms with Gasteiger partial charge in [0.2, 0.25) is 0 Å². The Morgan fingerprint density at radius 2 is 1.86 bits per heavy atom. The molecule has 3 heteroatoms. The Hall–Kier alpha value is -1.90. The van der Waals surface area contributed by atoms with E-state index in [2.05, 4.69) is 31.1 Å². The molecule has 0 radical (unpaired) electrons. The maximum Gasteiger partial charge on any atom is 0.139 e. The summed E-state index contributed by atoms with van der Waals surface area (Å²) in [5, 5.41) is 4.54. The Morgan fingerprint density at radius 3 is 2.52 bits per heavy atom. The van der Waals surface area contributed by atoms with Crippen LogP contribution >= 0.6 is 0 Å². The molecule has 0 amide bonds. The number of aryl methyl sites for hydroxylation is 1. The highest BCUT2D eigenvalue weighted by atomic mass is 16.1. The first-order valence-corrected chi connectivity index (χ1v) is 7.82. The molecule has 0 bridgehead atoms. The quantitative estimate of drug-likeness (QED) is 0.734. The first-order chi connectivity index (χ1) is 10.2. The molecule has 1 aromatic heterocycles. The molecular formula is C18H24N2O. The summed E-state index contributed by atoms with van der Waals surface area (Å²) in [7, 11) is 0. The van der Waals surface area contributed by atoms with Crippen LogP contribution in [0.1, 0.15) is 50.4 Å². The topological polar surface area (TPSA) is 34.9 Å². The van der Waals surface area contributed by atoms with Crippen LogP contribution in [0.25, 0.3) is 0 Å². The van der Waals surface area contributed by atoms with Gasteiger partial charge in [-0.25, -0.2) is 0 Å². The first kappa shape index (κ1) is 15.5. The molecule has 0 saturated heterocycles. The van der Waals surface area contributed by atoms with Crippen molar-refractivity contribution in [3.63, 3.8) is 0 Å². The van der Waals surface area contributed by atoms with Gasteiger partial charge in [-0.15, -0.1) is 0 Å². The zero-order chi connectivity index (χ0) is 15.1. The number of carbonyl (C=O) groups excluding carboxylic acids is 1. The minimum atomic E-state index is 0.258. The number of hydrogen-bond acceptors (Lipinski definition) is 2. The van der Waals surface area contributed by atoms with Crippen LogP contribution in [0, 0.1) is 0 Å². The summed E-state index contributed by atoms with van der Waals surface area (Å²) in [4.78, 5) is 12.1. The van der Waals surface area contributed by atoms with Crippen LogP contribution in [-0.4, -0.2) is 15.6 Å². The lowest BCUT2D eigenvalue weighted by Gasteiger charge is -2.12. The standard InChI is InChI=1S/C18H24N2O/c1-3-17(4-2)20-13-12-16(19-20)14-18(21)11-10-15-8-6-5-7-9-15/h5-9,12-13,17H,3-4,10-11,14H2,1-2H3. The lowest BCUT2D eigenvalue weighted by Crippen LogP contribution is -2.09. The lowest BCUT2D eigenvalue weighted by atomic mass is 10.1. The predicted octanol–water partition coefficient (Wildman–Crippen LogP) is 3.99. The average Bonchev–Trinajstić information content (AvgIpc) is 2.96. The van der Waals surface area contributed by atoms with E-state index in [4.69, 9.17) is 0 Å². The largest absolute Gasteiger partial charge is 0.299 e. The Labute approximate surface area is 127 Å². The van der Waals surface area contributed by atoms with E-state index >= 15 is 0 Å². The minimum Gasteiger partial charge on any atom is -0.299 e. The lowest BCUT2D eigenvalue weighted by molar-refractivity contribution is -0.118. The second-order valence-corrected chi connectivity index (χ2v) is 5.46. The van der Waals surface area contributed by atoms with Gasteiger partial charge in [-0.1, -0.05) is 44.2 Å². The van der Waals surface area contributed by atoms with E-state index in [1.165, 1.54) is 5.56 Å². The van der Waals surface area contributed by atoms with Crippen molar-refractivity contribution in [2.45, 2.75) is 52.0 Å². The van der Waals surface area contributed by atoms with Gasteiger partial charge in [-0.3, -0.25) is 9.48 Å². The molecule has 1 aromatic carbocycles. The molecule has 0 fully saturated rings. The molecular weight excluding hydrogens is 260 g/mol. The molecule has 0 atom stereocenters. The molecule has 21 heavy (non-hydrogen) atoms. The summed E-state index contributed by atoms with van der Waals surface area (Å²) in [6.45, 7) is 4.33. The third-order valence-electron chi connectivity index (χ3n) is 3.89. The fourth-order valence-electron chi connectivity index (χ4n) is 2.56. The molecule has 3 nitrogen and oxygen atoms in total. The van der Waals surface area contributed by atoms with Crippen molar-refractivity contribution in [2.24, 2.45) is 0 Å². The van der Waals surface area contributed by atoms with Crippen molar-refractivity contribution in [3.05, 3.63) is 53.9 Å². The van der Waals surface area contributed by atoms with Gasteiger partial charge in [-0.05, 0) is 30.9 Å². The average molecular weight is 284 g/mol. The fraction of sp³-hybridized carbons (Fsp3) is 0.444. The van der Waals surface area contributed by atoms with Gasteiger partial charge in [0.1, 0.15) is 5.78 Å². The number of aromatic nitrogens is 2. The Kier molecular flexibility index (Phi) is 5.73. The van der Waals surface area contributed by atoms with Crippen LogP contribution in [-0.2, 0) is 17.6 Å². The molecule has 0 aliphatic heterocycles. The SMILES string of the molecule is CCC(CC)n1ccc(CC(=O)CCc2ccccc2)n1. The van der Waals surface area contributed by atoms with Gasteiger partial charge in [0, 0.05) is 12.6 Å². The van der Waals surface area contributed by atoms with Gasteiger partial charge in [-0.2, -0.15) is 5.10 Å². The highest BCUT2D eigenvalue weighted by molar-refractivity contribution is 5.80. The van der Waals surface area contributed by atoms with E-state index in [9.17, 15) is 4.79 Å². The van der Waals surface area contributed by atoms with Crippen LogP contribution < -0.4 is 0 Å². The van der Waals surface area contributed by atoms with Crippen LogP contribution in [0.2, 0.25) is 0 Å². The summed E-state index contributed by atoms with van der Waals surface area (Å²) in [5.74, 6) is 0.258. The summed E-state index contributed by atoms with van der Waals surface area (Å²) in [6.07, 6.45) is 5.98. The minimum absolute atomic E-state index is 0.258. The predicted molar refractivity (Wildman–Crippen MR) is 85.3 cm³/mol. The third kappa shape index (κ3) is 4.55. The second-order valence-electron chi connectivity index (χ2n) is 5.46. The maximum atomic E-state index is 12.1. The molecule has 0 spiro atoms. The highest BCUT2D eigenvalue weighted by Crippen LogP contribution is 2.15. The molecule has 0 N–H and O–H groups in total. The summed E-state index contributed by atoms with van der Waals surface area (Å²) in [6, 6.07) is 12.6. The van der Waals surface area contributed by atoms with Crippen molar-refractivity contribution in [1.29, 1.82) is 0 Å². The Balaban J connectivity index is 1.85. The van der Waals surface area contributed by atoms with Crippen LogP contribution in [0.3, 0.4) is 0 Å². The Bertz CT molecular complexity index is 556. The van der Waals surface area contributed by atoms with Crippen molar-refractivity contribution in [1.82, 2.24) is 9.78 Å². The van der Waals surface area contributed by atoms with Gasteiger partial charge in [0.25, 0.3) is 0 Å². The number of rotatable bonds is 8. The molecule has 2 aromatic rings. The first-order valence-electron chi connectivity index (χ1n) is 7.82. The van der Waals surface area contributed by atoms with E-state index in [0.717, 1.165) is 25.0 Å². The molecule has 0 saturated carbocycles. The van der Waals surface area contributed by atoms with Crippen molar-refractivity contribution in [2.75, 3.05) is 0 Å². The van der Waals surface area contributed by atoms with E-state index in [1.807, 2.05) is 35.1 Å². The number of nitrogens with zero attached hydrogens (tertiary/aromatic N) is 2. The van der Waals surface area contributed by atoms with Gasteiger partial charge >= 0.3 is 0 Å². The van der Waals surface area contributed by atoms with Crippen LogP contribution in [0.15, 0.2) is 42.6 Å². The number of Topliss-reactive ketones (excluding diaryl/α,β-unsaturated/α-hetero) is 1. The summed E-state index contributed by atoms with van der Waals surface area (Å²) < 4.78 is 2.00. The Morgan fingerprint density at radius 1 is 1.14 bits per heavy atom. The monoisotopic (exact) mass is 284 g/mol. The normalized spacial score (nSPS) is 11.0. The molecule has 1 heterocycles. The zero-order valence-electron chi connectivity index (χ0n) is 13.0. The number of ketones is 1. The van der Waals surface area contributed by atoms with E-state index < -0.39 is 0 Å². The van der Waals surface area contributed by atoms with Gasteiger partial charge in [0.15, 0.2) is 0 Å². The summed E-state index contributed by atoms with van der Waals surface area (Å²) >= 11 is 0. The highest BCUT2D eigenvalue weighted by Gasteiger charge is 2.10. The van der Waals surface area contributed by atoms with Crippen LogP contribution in [0.5, 0.6) is 0 Å². The molecule has 2 rings (SSSR count). The number of hydrogen-bond donors (Lipinski definition) is 0. The van der Waals surface area contributed by atoms with E-state index in [-0.39, 0.29) is 5.78 Å². The molecule has 0 aliphatic carbocycles. The number of carbonyl (C=O) groups is 1. The fourth-order valence-corrected chi connectivity index (χ4v) is 2.56. The second kappa shape index (κ2) is 7.77. The van der Waals surface area contributed by atoms with Gasteiger partial charge in [0.05, 0.1) is 18.2 Å². The molecule has 0 unspecified atom stereocenters. The third-order valence-corrected chi connectivity index (χ3v) is 3.89. The van der Waals surface area contributed by atoms with E-state index in [0.29, 0.717) is 18.9 Å². The van der Waals surface area contributed by atoms with Crippen molar-refractivity contribution < 1.29 is 4.79 Å². The smallest absolute Gasteiger partial charge is 0.139 e. The summed E-state index contributed by atoms with van der Waals surface area (Å²) in [5.41, 5.74) is 2.10. The van der Waals surface area contributed by atoms with Crippen molar-refractivity contribution >= 4 is 5.78 Å². The van der Waals surface area contributed by atoms with Gasteiger partial charge < -0.3 is 0 Å². The number of benzene rings is 1. The maximum absolute atomic E-state index is 12.1. The van der Waals surface area contributed by atoms with E-state index in [1.54, 1.807) is 0 Å². The van der Waals surface area contributed by atoms with Crippen molar-refractivity contribution in [3.8, 4) is 0 Å².